The lowest BCUT2D eigenvalue weighted by Crippen LogP contribution is -2.02. The molecule has 0 saturated heterocycles. The van der Waals surface area contributed by atoms with Crippen molar-refractivity contribution in [3.63, 3.8) is 0 Å². The molecule has 6 nitrogen and oxygen atoms in total. The van der Waals surface area contributed by atoms with Crippen molar-refractivity contribution in [2.24, 2.45) is 7.05 Å². The topological polar surface area (TPSA) is 88.1 Å². The molecule has 0 fully saturated rings. The maximum absolute atomic E-state index is 11.2. The number of nitrogens with zero attached hydrogens (tertiary/aromatic N) is 3. The second kappa shape index (κ2) is 4.82. The number of benzene rings is 1. The number of aromatic nitrogens is 2. The molecule has 2 aromatic rings. The fraction of sp³-hybridized carbons (Fsp3) is 0.154. The van der Waals surface area contributed by atoms with Crippen molar-refractivity contribution in [3.8, 4) is 17.7 Å². The van der Waals surface area contributed by atoms with Crippen LogP contribution >= 0.6 is 0 Å². The molecule has 0 spiro atoms. The van der Waals surface area contributed by atoms with E-state index >= 15 is 0 Å². The van der Waals surface area contributed by atoms with Crippen LogP contribution in [0.3, 0.4) is 0 Å². The molecule has 0 aliphatic rings. The van der Waals surface area contributed by atoms with Gasteiger partial charge in [0.1, 0.15) is 17.4 Å². The van der Waals surface area contributed by atoms with Gasteiger partial charge in [-0.3, -0.25) is 0 Å². The molecule has 1 aromatic heterocycles. The summed E-state index contributed by atoms with van der Waals surface area (Å²) >= 11 is 0. The van der Waals surface area contributed by atoms with Gasteiger partial charge in [-0.05, 0) is 19.1 Å². The highest BCUT2D eigenvalue weighted by atomic mass is 16.5. The van der Waals surface area contributed by atoms with Crippen LogP contribution in [-0.4, -0.2) is 20.9 Å². The molecule has 0 saturated carbocycles. The highest BCUT2D eigenvalue weighted by molar-refractivity contribution is 5.91. The Hall–Kier alpha value is -2.81. The third-order valence-corrected chi connectivity index (χ3v) is 2.60. The van der Waals surface area contributed by atoms with Crippen molar-refractivity contribution in [2.45, 2.75) is 6.92 Å². The highest BCUT2D eigenvalue weighted by Crippen LogP contribution is 2.29. The zero-order valence-corrected chi connectivity index (χ0v) is 10.4. The summed E-state index contributed by atoms with van der Waals surface area (Å²) in [4.78, 5) is 11.2. The van der Waals surface area contributed by atoms with Gasteiger partial charge in [0.15, 0.2) is 0 Å². The van der Waals surface area contributed by atoms with E-state index in [4.69, 9.17) is 15.1 Å². The van der Waals surface area contributed by atoms with E-state index in [2.05, 4.69) is 5.10 Å². The fourth-order valence-corrected chi connectivity index (χ4v) is 1.75. The largest absolute Gasteiger partial charge is 0.477 e. The molecule has 0 amide bonds. The Morgan fingerprint density at radius 1 is 1.47 bits per heavy atom. The van der Waals surface area contributed by atoms with Crippen molar-refractivity contribution < 1.29 is 14.6 Å². The maximum atomic E-state index is 11.2. The van der Waals surface area contributed by atoms with Crippen LogP contribution in [0.5, 0.6) is 11.6 Å². The Labute approximate surface area is 109 Å². The second-order valence-electron chi connectivity index (χ2n) is 3.90. The molecule has 1 heterocycles. The van der Waals surface area contributed by atoms with Crippen molar-refractivity contribution in [2.75, 3.05) is 0 Å². The predicted molar refractivity (Wildman–Crippen MR) is 66.1 cm³/mol. The molecular weight excluding hydrogens is 246 g/mol. The summed E-state index contributed by atoms with van der Waals surface area (Å²) in [6.45, 7) is 1.59. The van der Waals surface area contributed by atoms with Gasteiger partial charge in [0, 0.05) is 7.05 Å². The van der Waals surface area contributed by atoms with E-state index in [-0.39, 0.29) is 11.4 Å². The number of ether oxygens (including phenoxy) is 1. The third kappa shape index (κ3) is 2.26. The van der Waals surface area contributed by atoms with Gasteiger partial charge in [-0.25, -0.2) is 9.48 Å². The normalized spacial score (nSPS) is 9.95. The number of carboxylic acids is 1. The van der Waals surface area contributed by atoms with Gasteiger partial charge in [-0.1, -0.05) is 12.1 Å². The summed E-state index contributed by atoms with van der Waals surface area (Å²) in [7, 11) is 1.59. The Bertz CT molecular complexity index is 683. The molecule has 19 heavy (non-hydrogen) atoms. The zero-order chi connectivity index (χ0) is 14.0. The number of aryl methyl sites for hydroxylation is 2. The molecule has 0 bridgehead atoms. The first-order chi connectivity index (χ1) is 9.04. The minimum absolute atomic E-state index is 0.00440. The fourth-order valence-electron chi connectivity index (χ4n) is 1.75. The zero-order valence-electron chi connectivity index (χ0n) is 10.4. The van der Waals surface area contributed by atoms with Crippen LogP contribution in [0.1, 0.15) is 21.6 Å². The van der Waals surface area contributed by atoms with E-state index < -0.39 is 5.97 Å². The molecule has 96 valence electrons. The molecule has 0 radical (unpaired) electrons. The van der Waals surface area contributed by atoms with E-state index in [1.165, 1.54) is 4.68 Å². The van der Waals surface area contributed by atoms with E-state index in [1.54, 1.807) is 38.2 Å². The van der Waals surface area contributed by atoms with Gasteiger partial charge >= 0.3 is 5.97 Å². The molecule has 0 aliphatic carbocycles. The monoisotopic (exact) mass is 257 g/mol. The lowest BCUT2D eigenvalue weighted by molar-refractivity contribution is 0.0693. The minimum Gasteiger partial charge on any atom is -0.477 e. The highest BCUT2D eigenvalue weighted by Gasteiger charge is 2.22. The number of carbonyl (C=O) groups is 1. The van der Waals surface area contributed by atoms with Crippen LogP contribution in [0.15, 0.2) is 24.3 Å². The van der Waals surface area contributed by atoms with Crippen LogP contribution in [0.25, 0.3) is 0 Å². The van der Waals surface area contributed by atoms with Crippen LogP contribution in [0, 0.1) is 18.3 Å². The second-order valence-corrected chi connectivity index (χ2v) is 3.90. The smallest absolute Gasteiger partial charge is 0.343 e. The summed E-state index contributed by atoms with van der Waals surface area (Å²) in [6, 6.07) is 8.60. The Kier molecular flexibility index (Phi) is 3.21. The Morgan fingerprint density at radius 2 is 2.16 bits per heavy atom. The quantitative estimate of drug-likeness (QED) is 0.909. The molecule has 0 unspecified atom stereocenters. The minimum atomic E-state index is -1.12. The summed E-state index contributed by atoms with van der Waals surface area (Å²) in [5, 5.41) is 22.2. The first-order valence-electron chi connectivity index (χ1n) is 5.48. The van der Waals surface area contributed by atoms with Crippen molar-refractivity contribution in [1.82, 2.24) is 9.78 Å². The van der Waals surface area contributed by atoms with E-state index in [1.807, 2.05) is 6.07 Å². The van der Waals surface area contributed by atoms with E-state index in [0.29, 0.717) is 17.0 Å². The van der Waals surface area contributed by atoms with Gasteiger partial charge in [-0.2, -0.15) is 10.4 Å². The van der Waals surface area contributed by atoms with E-state index in [0.717, 1.165) is 0 Å². The van der Waals surface area contributed by atoms with Gasteiger partial charge < -0.3 is 9.84 Å². The van der Waals surface area contributed by atoms with Crippen LogP contribution in [0.4, 0.5) is 0 Å². The summed E-state index contributed by atoms with van der Waals surface area (Å²) < 4.78 is 6.88. The summed E-state index contributed by atoms with van der Waals surface area (Å²) in [6.07, 6.45) is 0. The number of rotatable bonds is 3. The number of nitriles is 1. The first kappa shape index (κ1) is 12.6. The molecular formula is C13H11N3O3. The SMILES string of the molecule is Cc1nn(C)c(Oc2ccccc2C#N)c1C(=O)O. The lowest BCUT2D eigenvalue weighted by atomic mass is 10.2. The van der Waals surface area contributed by atoms with Crippen molar-refractivity contribution in [1.29, 1.82) is 5.26 Å². The summed E-state index contributed by atoms with van der Waals surface area (Å²) in [5.41, 5.74) is 0.687. The van der Waals surface area contributed by atoms with Crippen molar-refractivity contribution >= 4 is 5.97 Å². The van der Waals surface area contributed by atoms with Gasteiger partial charge in [0.2, 0.25) is 5.88 Å². The maximum Gasteiger partial charge on any atom is 0.343 e. The average molecular weight is 257 g/mol. The molecule has 0 aliphatic heterocycles. The molecule has 2 rings (SSSR count). The molecule has 1 aromatic carbocycles. The van der Waals surface area contributed by atoms with Gasteiger partial charge in [0.25, 0.3) is 0 Å². The van der Waals surface area contributed by atoms with Crippen molar-refractivity contribution in [3.05, 3.63) is 41.1 Å². The van der Waals surface area contributed by atoms with Crippen LogP contribution in [0.2, 0.25) is 0 Å². The Morgan fingerprint density at radius 3 is 2.79 bits per heavy atom. The summed E-state index contributed by atoms with van der Waals surface area (Å²) in [5.74, 6) is -0.710. The molecule has 1 N–H and O–H groups in total. The molecule has 0 atom stereocenters. The number of aromatic carboxylic acids is 1. The first-order valence-corrected chi connectivity index (χ1v) is 5.48. The lowest BCUT2D eigenvalue weighted by Gasteiger charge is -2.08. The molecule has 6 heteroatoms. The van der Waals surface area contributed by atoms with Gasteiger partial charge in [0.05, 0.1) is 11.3 Å². The third-order valence-electron chi connectivity index (χ3n) is 2.60. The van der Waals surface area contributed by atoms with Gasteiger partial charge in [-0.15, -0.1) is 0 Å². The van der Waals surface area contributed by atoms with Crippen LogP contribution < -0.4 is 4.74 Å². The van der Waals surface area contributed by atoms with E-state index in [9.17, 15) is 4.79 Å². The Balaban J connectivity index is 2.50. The predicted octanol–water partition coefficient (Wildman–Crippen LogP) is 2.09. The number of carboxylic acid groups (broad SMARTS) is 1. The number of hydrogen-bond donors (Lipinski definition) is 1. The number of hydrogen-bond acceptors (Lipinski definition) is 4. The number of para-hydroxylation sites is 1. The standard InChI is InChI=1S/C13H11N3O3/c1-8-11(13(17)18)12(16(2)15-8)19-10-6-4-3-5-9(10)7-14/h3-6H,1-2H3,(H,17,18). The van der Waals surface area contributed by atoms with Crippen LogP contribution in [-0.2, 0) is 7.05 Å². The average Bonchev–Trinajstić information content (AvgIpc) is 2.65.